The Bertz CT molecular complexity index is 811. The highest BCUT2D eigenvalue weighted by atomic mass is 19.1. The van der Waals surface area contributed by atoms with Gasteiger partial charge in [-0.15, -0.1) is 5.10 Å². The van der Waals surface area contributed by atoms with Gasteiger partial charge < -0.3 is 0 Å². The number of rotatable bonds is 3. The molecule has 3 rings (SSSR count). The van der Waals surface area contributed by atoms with Gasteiger partial charge in [-0.2, -0.15) is 4.98 Å². The number of H-pyrrole nitrogens is 1. The fourth-order valence-corrected chi connectivity index (χ4v) is 1.96. The van der Waals surface area contributed by atoms with Crippen LogP contribution in [-0.2, 0) is 0 Å². The summed E-state index contributed by atoms with van der Waals surface area (Å²) in [6, 6.07) is 13.2. The summed E-state index contributed by atoms with van der Waals surface area (Å²) < 4.78 is 13.1. The van der Waals surface area contributed by atoms with Crippen molar-refractivity contribution in [3.63, 3.8) is 0 Å². The normalized spacial score (nSPS) is 10.5. The van der Waals surface area contributed by atoms with Crippen LogP contribution in [0.4, 0.5) is 10.3 Å². The molecule has 0 atom stereocenters. The maximum absolute atomic E-state index is 13.1. The molecule has 0 aliphatic heterocycles. The van der Waals surface area contributed by atoms with Crippen LogP contribution in [0.1, 0.15) is 15.9 Å². The number of aromatic nitrogens is 3. The second-order valence-electron chi connectivity index (χ2n) is 4.84. The molecular formula is C16H13FN4O. The SMILES string of the molecule is Cc1ccc(-c2nc(NC(=O)c3cccc(F)c3)n[nH]2)cc1. The standard InChI is InChI=1S/C16H13FN4O/c1-10-5-7-11(8-6-10)14-18-16(21-20-14)19-15(22)12-3-2-4-13(17)9-12/h2-9H,1H3,(H2,18,19,20,21,22). The Labute approximate surface area is 126 Å². The molecule has 6 heteroatoms. The molecule has 1 heterocycles. The monoisotopic (exact) mass is 296 g/mol. The molecular weight excluding hydrogens is 283 g/mol. The van der Waals surface area contributed by atoms with Gasteiger partial charge in [0, 0.05) is 11.1 Å². The molecule has 3 aromatic rings. The summed E-state index contributed by atoms with van der Waals surface area (Å²) in [6.07, 6.45) is 0. The number of nitrogens with zero attached hydrogens (tertiary/aromatic N) is 2. The van der Waals surface area contributed by atoms with E-state index in [1.807, 2.05) is 31.2 Å². The molecule has 2 aromatic carbocycles. The molecule has 0 unspecified atom stereocenters. The zero-order valence-corrected chi connectivity index (χ0v) is 11.8. The fourth-order valence-electron chi connectivity index (χ4n) is 1.96. The number of anilines is 1. The minimum Gasteiger partial charge on any atom is -0.289 e. The Morgan fingerprint density at radius 3 is 2.68 bits per heavy atom. The van der Waals surface area contributed by atoms with Crippen molar-refractivity contribution in [3.05, 3.63) is 65.5 Å². The number of carbonyl (C=O) groups is 1. The molecule has 1 amide bonds. The predicted molar refractivity (Wildman–Crippen MR) is 80.9 cm³/mol. The van der Waals surface area contributed by atoms with E-state index in [9.17, 15) is 9.18 Å². The molecule has 22 heavy (non-hydrogen) atoms. The number of benzene rings is 2. The lowest BCUT2D eigenvalue weighted by molar-refractivity contribution is 0.102. The third-order valence-electron chi connectivity index (χ3n) is 3.12. The van der Waals surface area contributed by atoms with E-state index in [0.717, 1.165) is 17.2 Å². The zero-order valence-electron chi connectivity index (χ0n) is 11.8. The van der Waals surface area contributed by atoms with Crippen molar-refractivity contribution in [1.29, 1.82) is 0 Å². The van der Waals surface area contributed by atoms with E-state index < -0.39 is 11.7 Å². The first-order valence-corrected chi connectivity index (χ1v) is 6.68. The first-order chi connectivity index (χ1) is 10.6. The summed E-state index contributed by atoms with van der Waals surface area (Å²) in [5, 5.41) is 9.23. The summed E-state index contributed by atoms with van der Waals surface area (Å²) >= 11 is 0. The topological polar surface area (TPSA) is 70.7 Å². The summed E-state index contributed by atoms with van der Waals surface area (Å²) in [5.41, 5.74) is 2.22. The lowest BCUT2D eigenvalue weighted by Crippen LogP contribution is -2.13. The van der Waals surface area contributed by atoms with Crippen LogP contribution in [0.25, 0.3) is 11.4 Å². The highest BCUT2D eigenvalue weighted by molar-refractivity contribution is 6.03. The van der Waals surface area contributed by atoms with Crippen LogP contribution in [0.3, 0.4) is 0 Å². The molecule has 0 spiro atoms. The third-order valence-corrected chi connectivity index (χ3v) is 3.12. The van der Waals surface area contributed by atoms with Crippen LogP contribution < -0.4 is 5.32 Å². The van der Waals surface area contributed by atoms with Crippen LogP contribution in [0, 0.1) is 12.7 Å². The summed E-state index contributed by atoms with van der Waals surface area (Å²) in [7, 11) is 0. The number of aromatic amines is 1. The second kappa shape index (κ2) is 5.77. The van der Waals surface area contributed by atoms with Crippen LogP contribution in [0.15, 0.2) is 48.5 Å². The Morgan fingerprint density at radius 1 is 1.18 bits per heavy atom. The van der Waals surface area contributed by atoms with Crippen LogP contribution in [0.5, 0.6) is 0 Å². The van der Waals surface area contributed by atoms with Crippen molar-refractivity contribution in [2.45, 2.75) is 6.92 Å². The van der Waals surface area contributed by atoms with Crippen molar-refractivity contribution in [3.8, 4) is 11.4 Å². The third kappa shape index (κ3) is 3.01. The van der Waals surface area contributed by atoms with Gasteiger partial charge in [0.15, 0.2) is 5.82 Å². The van der Waals surface area contributed by atoms with E-state index in [0.29, 0.717) is 5.82 Å². The van der Waals surface area contributed by atoms with Crippen molar-refractivity contribution in [1.82, 2.24) is 15.2 Å². The number of amides is 1. The lowest BCUT2D eigenvalue weighted by Gasteiger charge is -2.00. The van der Waals surface area contributed by atoms with Gasteiger partial charge >= 0.3 is 0 Å². The van der Waals surface area contributed by atoms with Gasteiger partial charge in [-0.05, 0) is 25.1 Å². The van der Waals surface area contributed by atoms with Gasteiger partial charge in [0.2, 0.25) is 5.95 Å². The van der Waals surface area contributed by atoms with Crippen LogP contribution in [0.2, 0.25) is 0 Å². The number of aryl methyl sites for hydroxylation is 1. The van der Waals surface area contributed by atoms with Crippen molar-refractivity contribution < 1.29 is 9.18 Å². The molecule has 5 nitrogen and oxygen atoms in total. The van der Waals surface area contributed by atoms with E-state index in [2.05, 4.69) is 20.5 Å². The van der Waals surface area contributed by atoms with E-state index in [-0.39, 0.29) is 11.5 Å². The molecule has 0 bridgehead atoms. The maximum Gasteiger partial charge on any atom is 0.258 e. The largest absolute Gasteiger partial charge is 0.289 e. The van der Waals surface area contributed by atoms with Crippen molar-refractivity contribution in [2.75, 3.05) is 5.32 Å². The van der Waals surface area contributed by atoms with Crippen molar-refractivity contribution >= 4 is 11.9 Å². The molecule has 2 N–H and O–H groups in total. The van der Waals surface area contributed by atoms with Crippen molar-refractivity contribution in [2.24, 2.45) is 0 Å². The molecule has 0 saturated heterocycles. The number of hydrogen-bond donors (Lipinski definition) is 2. The van der Waals surface area contributed by atoms with Gasteiger partial charge in [-0.25, -0.2) is 4.39 Å². The maximum atomic E-state index is 13.1. The summed E-state index contributed by atoms with van der Waals surface area (Å²) in [4.78, 5) is 16.2. The quantitative estimate of drug-likeness (QED) is 0.780. The van der Waals surface area contributed by atoms with Gasteiger partial charge in [0.25, 0.3) is 5.91 Å². The number of halogens is 1. The molecule has 0 fully saturated rings. The molecule has 1 aromatic heterocycles. The lowest BCUT2D eigenvalue weighted by atomic mass is 10.1. The first kappa shape index (κ1) is 13.9. The first-order valence-electron chi connectivity index (χ1n) is 6.68. The van der Waals surface area contributed by atoms with Gasteiger partial charge in [-0.1, -0.05) is 35.9 Å². The molecule has 0 aliphatic rings. The molecule has 110 valence electrons. The second-order valence-corrected chi connectivity index (χ2v) is 4.84. The zero-order chi connectivity index (χ0) is 15.5. The minimum atomic E-state index is -0.469. The predicted octanol–water partition coefficient (Wildman–Crippen LogP) is 3.17. The Hall–Kier alpha value is -3.02. The average molecular weight is 296 g/mol. The van der Waals surface area contributed by atoms with Gasteiger partial charge in [0.05, 0.1) is 0 Å². The number of hydrogen-bond acceptors (Lipinski definition) is 3. The Balaban J connectivity index is 1.77. The van der Waals surface area contributed by atoms with Crippen LogP contribution in [-0.4, -0.2) is 21.1 Å². The number of carbonyl (C=O) groups excluding carboxylic acids is 1. The minimum absolute atomic E-state index is 0.143. The van der Waals surface area contributed by atoms with E-state index in [4.69, 9.17) is 0 Å². The summed E-state index contributed by atoms with van der Waals surface area (Å²) in [6.45, 7) is 1.99. The smallest absolute Gasteiger partial charge is 0.258 e. The fraction of sp³-hybridized carbons (Fsp3) is 0.0625. The number of nitrogens with one attached hydrogen (secondary N) is 2. The molecule has 0 saturated carbocycles. The van der Waals surface area contributed by atoms with Gasteiger partial charge in [-0.3, -0.25) is 15.2 Å². The average Bonchev–Trinajstić information content (AvgIpc) is 2.96. The highest BCUT2D eigenvalue weighted by Crippen LogP contribution is 2.16. The summed E-state index contributed by atoms with van der Waals surface area (Å²) in [5.74, 6) is -0.240. The van der Waals surface area contributed by atoms with E-state index in [1.54, 1.807) is 0 Å². The molecule has 0 radical (unpaired) electrons. The van der Waals surface area contributed by atoms with E-state index in [1.165, 1.54) is 18.2 Å². The van der Waals surface area contributed by atoms with E-state index >= 15 is 0 Å². The Morgan fingerprint density at radius 2 is 1.95 bits per heavy atom. The molecule has 0 aliphatic carbocycles. The van der Waals surface area contributed by atoms with Gasteiger partial charge in [0.1, 0.15) is 5.82 Å². The highest BCUT2D eigenvalue weighted by Gasteiger charge is 2.11. The van der Waals surface area contributed by atoms with Crippen LogP contribution >= 0.6 is 0 Å². The Kier molecular flexibility index (Phi) is 3.65.